The number of carbonyl (C=O) groups is 2. The number of ketones is 1. The van der Waals surface area contributed by atoms with Gasteiger partial charge in [-0.25, -0.2) is 0 Å². The van der Waals surface area contributed by atoms with Crippen LogP contribution in [0.5, 0.6) is 0 Å². The topological polar surface area (TPSA) is 58.6 Å². The predicted molar refractivity (Wildman–Crippen MR) is 105 cm³/mol. The molecule has 0 atom stereocenters. The van der Waals surface area contributed by atoms with Crippen LogP contribution in [0.25, 0.3) is 11.1 Å². The van der Waals surface area contributed by atoms with Crippen LogP contribution in [-0.2, 0) is 4.74 Å². The fourth-order valence-electron chi connectivity index (χ4n) is 3.39. The molecule has 2 fully saturated rings. The minimum Gasteiger partial charge on any atom is -0.378 e. The lowest BCUT2D eigenvalue weighted by molar-refractivity contribution is 0.0950. The van der Waals surface area contributed by atoms with Gasteiger partial charge in [0.1, 0.15) is 0 Å². The van der Waals surface area contributed by atoms with Crippen LogP contribution >= 0.6 is 0 Å². The van der Waals surface area contributed by atoms with Crippen molar-refractivity contribution in [3.8, 4) is 11.1 Å². The van der Waals surface area contributed by atoms with E-state index in [2.05, 4.69) is 10.2 Å². The number of rotatable bonds is 5. The van der Waals surface area contributed by atoms with Crippen molar-refractivity contribution in [2.75, 3.05) is 31.2 Å². The first-order chi connectivity index (χ1) is 13.1. The third-order valence-electron chi connectivity index (χ3n) is 5.10. The number of anilines is 1. The summed E-state index contributed by atoms with van der Waals surface area (Å²) >= 11 is 0. The van der Waals surface area contributed by atoms with E-state index in [4.69, 9.17) is 4.74 Å². The monoisotopic (exact) mass is 364 g/mol. The lowest BCUT2D eigenvalue weighted by Crippen LogP contribution is -2.36. The van der Waals surface area contributed by atoms with Gasteiger partial charge in [0, 0.05) is 41.5 Å². The van der Waals surface area contributed by atoms with Crippen LogP contribution < -0.4 is 10.2 Å². The summed E-state index contributed by atoms with van der Waals surface area (Å²) in [6, 6.07) is 13.8. The molecule has 1 N–H and O–H groups in total. The molecular weight excluding hydrogens is 340 g/mol. The van der Waals surface area contributed by atoms with E-state index < -0.39 is 0 Å². The quantitative estimate of drug-likeness (QED) is 0.827. The SMILES string of the molecule is CC(=O)c1ccc(N2CCOCC2)c(-c2cccc(C(=O)NC3CC3)c2)c1. The van der Waals surface area contributed by atoms with Crippen molar-refractivity contribution >= 4 is 17.4 Å². The third kappa shape index (κ3) is 4.03. The van der Waals surface area contributed by atoms with E-state index in [0.717, 1.165) is 42.7 Å². The van der Waals surface area contributed by atoms with Crippen molar-refractivity contribution in [2.45, 2.75) is 25.8 Å². The van der Waals surface area contributed by atoms with Gasteiger partial charge in [0.15, 0.2) is 5.78 Å². The molecule has 1 amide bonds. The second-order valence-corrected chi connectivity index (χ2v) is 7.22. The Labute approximate surface area is 159 Å². The van der Waals surface area contributed by atoms with Gasteiger partial charge >= 0.3 is 0 Å². The molecule has 0 aromatic heterocycles. The molecular formula is C22H24N2O3. The highest BCUT2D eigenvalue weighted by Crippen LogP contribution is 2.33. The molecule has 0 spiro atoms. The molecule has 2 aliphatic rings. The van der Waals surface area contributed by atoms with Crippen LogP contribution in [0.2, 0.25) is 0 Å². The number of nitrogens with one attached hydrogen (secondary N) is 1. The fourth-order valence-corrected chi connectivity index (χ4v) is 3.39. The van der Waals surface area contributed by atoms with E-state index in [0.29, 0.717) is 30.4 Å². The van der Waals surface area contributed by atoms with Crippen molar-refractivity contribution in [2.24, 2.45) is 0 Å². The van der Waals surface area contributed by atoms with Gasteiger partial charge in [-0.1, -0.05) is 12.1 Å². The molecule has 27 heavy (non-hydrogen) atoms. The first-order valence-corrected chi connectivity index (χ1v) is 9.51. The van der Waals surface area contributed by atoms with Gasteiger partial charge in [0.2, 0.25) is 0 Å². The number of ether oxygens (including phenoxy) is 1. The molecule has 0 unspecified atom stereocenters. The second kappa shape index (κ2) is 7.53. The molecule has 1 saturated heterocycles. The molecule has 4 rings (SSSR count). The lowest BCUT2D eigenvalue weighted by atomic mass is 9.97. The molecule has 1 heterocycles. The summed E-state index contributed by atoms with van der Waals surface area (Å²) in [5, 5.41) is 3.04. The maximum absolute atomic E-state index is 12.4. The summed E-state index contributed by atoms with van der Waals surface area (Å²) in [7, 11) is 0. The van der Waals surface area contributed by atoms with Gasteiger partial charge in [-0.2, -0.15) is 0 Å². The Balaban J connectivity index is 1.72. The summed E-state index contributed by atoms with van der Waals surface area (Å²) in [5.74, 6) is 0.00223. The summed E-state index contributed by atoms with van der Waals surface area (Å²) in [5.41, 5.74) is 4.33. The Morgan fingerprint density at radius 2 is 1.81 bits per heavy atom. The zero-order valence-corrected chi connectivity index (χ0v) is 15.5. The maximum Gasteiger partial charge on any atom is 0.251 e. The molecule has 0 radical (unpaired) electrons. The zero-order valence-electron chi connectivity index (χ0n) is 15.5. The average Bonchev–Trinajstić information content (AvgIpc) is 3.52. The summed E-state index contributed by atoms with van der Waals surface area (Å²) in [6.45, 7) is 4.59. The van der Waals surface area contributed by atoms with Crippen LogP contribution in [-0.4, -0.2) is 44.0 Å². The Kier molecular flexibility index (Phi) is 4.94. The minimum absolute atomic E-state index is 0.0324. The Hall–Kier alpha value is -2.66. The van der Waals surface area contributed by atoms with Crippen LogP contribution in [0.1, 0.15) is 40.5 Å². The third-order valence-corrected chi connectivity index (χ3v) is 5.10. The van der Waals surface area contributed by atoms with Crippen molar-refractivity contribution in [1.82, 2.24) is 5.32 Å². The van der Waals surface area contributed by atoms with Crippen molar-refractivity contribution in [3.63, 3.8) is 0 Å². The van der Waals surface area contributed by atoms with Crippen LogP contribution in [0.3, 0.4) is 0 Å². The van der Waals surface area contributed by atoms with Crippen LogP contribution in [0, 0.1) is 0 Å². The molecule has 2 aromatic rings. The van der Waals surface area contributed by atoms with Crippen LogP contribution in [0.4, 0.5) is 5.69 Å². The van der Waals surface area contributed by atoms with E-state index in [-0.39, 0.29) is 11.7 Å². The lowest BCUT2D eigenvalue weighted by Gasteiger charge is -2.31. The number of amides is 1. The van der Waals surface area contributed by atoms with Gasteiger partial charge in [-0.15, -0.1) is 0 Å². The average molecular weight is 364 g/mol. The number of nitrogens with zero attached hydrogens (tertiary/aromatic N) is 1. The van der Waals surface area contributed by atoms with Gasteiger partial charge in [0.25, 0.3) is 5.91 Å². The molecule has 5 nitrogen and oxygen atoms in total. The van der Waals surface area contributed by atoms with Gasteiger partial charge in [-0.05, 0) is 55.7 Å². The van der Waals surface area contributed by atoms with E-state index >= 15 is 0 Å². The van der Waals surface area contributed by atoms with Crippen LogP contribution in [0.15, 0.2) is 42.5 Å². The van der Waals surface area contributed by atoms with E-state index in [9.17, 15) is 9.59 Å². The Morgan fingerprint density at radius 3 is 2.52 bits per heavy atom. The molecule has 1 aliphatic heterocycles. The predicted octanol–water partition coefficient (Wildman–Crippen LogP) is 3.29. The Bertz CT molecular complexity index is 868. The second-order valence-electron chi connectivity index (χ2n) is 7.22. The molecule has 1 saturated carbocycles. The minimum atomic E-state index is -0.0324. The van der Waals surface area contributed by atoms with Gasteiger partial charge < -0.3 is 15.0 Å². The van der Waals surface area contributed by atoms with E-state index in [1.807, 2.05) is 42.5 Å². The van der Waals surface area contributed by atoms with E-state index in [1.54, 1.807) is 6.92 Å². The van der Waals surface area contributed by atoms with Gasteiger partial charge in [-0.3, -0.25) is 9.59 Å². The number of hydrogen-bond donors (Lipinski definition) is 1. The first-order valence-electron chi connectivity index (χ1n) is 9.51. The maximum atomic E-state index is 12.4. The normalized spacial score (nSPS) is 16.9. The molecule has 140 valence electrons. The molecule has 1 aliphatic carbocycles. The first kappa shape index (κ1) is 17.7. The van der Waals surface area contributed by atoms with Crippen molar-refractivity contribution in [3.05, 3.63) is 53.6 Å². The molecule has 5 heteroatoms. The summed E-state index contributed by atoms with van der Waals surface area (Å²) in [4.78, 5) is 26.6. The highest BCUT2D eigenvalue weighted by molar-refractivity contribution is 5.99. The number of Topliss-reactive ketones (excluding diaryl/α,β-unsaturated/α-hetero) is 1. The fraction of sp³-hybridized carbons (Fsp3) is 0.364. The number of carbonyl (C=O) groups excluding carboxylic acids is 2. The summed E-state index contributed by atoms with van der Waals surface area (Å²) < 4.78 is 5.47. The largest absolute Gasteiger partial charge is 0.378 e. The smallest absolute Gasteiger partial charge is 0.251 e. The highest BCUT2D eigenvalue weighted by Gasteiger charge is 2.24. The highest BCUT2D eigenvalue weighted by atomic mass is 16.5. The standard InChI is InChI=1S/C22H24N2O3/c1-15(25)16-5-8-21(24-9-11-27-12-10-24)20(14-16)17-3-2-4-18(13-17)22(26)23-19-6-7-19/h2-5,8,13-14,19H,6-7,9-12H2,1H3,(H,23,26). The van der Waals surface area contributed by atoms with Crippen molar-refractivity contribution in [1.29, 1.82) is 0 Å². The van der Waals surface area contributed by atoms with Crippen molar-refractivity contribution < 1.29 is 14.3 Å². The summed E-state index contributed by atoms with van der Waals surface area (Å²) in [6.07, 6.45) is 2.13. The molecule has 2 aromatic carbocycles. The zero-order chi connectivity index (χ0) is 18.8. The number of benzene rings is 2. The number of morpholine rings is 1. The number of hydrogen-bond acceptors (Lipinski definition) is 4. The molecule has 0 bridgehead atoms. The Morgan fingerprint density at radius 1 is 1.04 bits per heavy atom. The van der Waals surface area contributed by atoms with Gasteiger partial charge in [0.05, 0.1) is 13.2 Å². The van der Waals surface area contributed by atoms with E-state index in [1.165, 1.54) is 0 Å².